The van der Waals surface area contributed by atoms with E-state index < -0.39 is 17.4 Å². The summed E-state index contributed by atoms with van der Waals surface area (Å²) in [4.78, 5) is 31.9. The molecule has 1 amide bonds. The van der Waals surface area contributed by atoms with Crippen LogP contribution in [0.15, 0.2) is 59.7 Å². The summed E-state index contributed by atoms with van der Waals surface area (Å²) in [7, 11) is 0. The summed E-state index contributed by atoms with van der Waals surface area (Å²) >= 11 is 1.10. The number of hydrogen-bond acceptors (Lipinski definition) is 9. The summed E-state index contributed by atoms with van der Waals surface area (Å²) in [6.45, 7) is 7.12. The number of benzene rings is 2. The molecule has 0 saturated carbocycles. The van der Waals surface area contributed by atoms with Gasteiger partial charge in [0.1, 0.15) is 22.4 Å². The Morgan fingerprint density at radius 2 is 1.84 bits per heavy atom. The lowest BCUT2D eigenvalue weighted by molar-refractivity contribution is 0.0238. The molecule has 0 atom stereocenters. The van der Waals surface area contributed by atoms with Crippen molar-refractivity contribution in [2.24, 2.45) is 5.92 Å². The van der Waals surface area contributed by atoms with Crippen LogP contribution < -0.4 is 15.7 Å². The summed E-state index contributed by atoms with van der Waals surface area (Å²) in [6, 6.07) is 11.5. The Bertz CT molecular complexity index is 1580. The molecular formula is C33H39FN6O4S. The topological polar surface area (TPSA) is 133 Å². The van der Waals surface area contributed by atoms with Crippen molar-refractivity contribution in [3.05, 3.63) is 87.9 Å². The smallest absolute Gasteiger partial charge is 0.347 e. The van der Waals surface area contributed by atoms with Crippen LogP contribution in [0.1, 0.15) is 61.0 Å². The molecule has 2 fully saturated rings. The van der Waals surface area contributed by atoms with Crippen molar-refractivity contribution in [2.45, 2.75) is 58.2 Å². The van der Waals surface area contributed by atoms with Gasteiger partial charge in [0.25, 0.3) is 5.91 Å². The largest absolute Gasteiger partial charge is 0.457 e. The van der Waals surface area contributed by atoms with E-state index in [0.29, 0.717) is 28.0 Å². The maximum atomic E-state index is 15.5. The molecule has 0 spiro atoms. The molecule has 5 rings (SSSR count). The lowest BCUT2D eigenvalue weighted by Crippen LogP contribution is -2.49. The van der Waals surface area contributed by atoms with Crippen molar-refractivity contribution in [2.75, 3.05) is 26.3 Å². The maximum Gasteiger partial charge on any atom is 0.347 e. The highest BCUT2D eigenvalue weighted by Crippen LogP contribution is 2.30. The average Bonchev–Trinajstić information content (AvgIpc) is 3.04. The summed E-state index contributed by atoms with van der Waals surface area (Å²) in [6.07, 6.45) is 6.55. The molecular weight excluding hydrogens is 595 g/mol. The van der Waals surface area contributed by atoms with Gasteiger partial charge in [-0.2, -0.15) is 0 Å². The number of piperidine rings is 1. The third-order valence-electron chi connectivity index (χ3n) is 8.17. The van der Waals surface area contributed by atoms with Crippen molar-refractivity contribution < 1.29 is 18.7 Å². The fourth-order valence-corrected chi connectivity index (χ4v) is 6.20. The first kappa shape index (κ1) is 32.5. The molecule has 0 aliphatic carbocycles. The Morgan fingerprint density at radius 1 is 1.13 bits per heavy atom. The van der Waals surface area contributed by atoms with Gasteiger partial charge in [-0.3, -0.25) is 20.2 Å². The van der Waals surface area contributed by atoms with Crippen LogP contribution >= 0.6 is 11.8 Å². The van der Waals surface area contributed by atoms with Gasteiger partial charge < -0.3 is 19.7 Å². The summed E-state index contributed by atoms with van der Waals surface area (Å²) < 4.78 is 28.5. The first-order valence-electron chi connectivity index (χ1n) is 15.3. The molecule has 2 aromatic carbocycles. The van der Waals surface area contributed by atoms with E-state index in [4.69, 9.17) is 20.3 Å². The van der Waals surface area contributed by atoms with Gasteiger partial charge in [0.05, 0.1) is 17.2 Å². The highest BCUT2D eigenvalue weighted by atomic mass is 32.2. The fraction of sp³-hybridized carbons (Fsp3) is 0.424. The number of carbonyl (C=O) groups is 1. The molecule has 10 nitrogen and oxygen atoms in total. The Balaban J connectivity index is 1.33. The van der Waals surface area contributed by atoms with Crippen LogP contribution in [-0.2, 0) is 11.3 Å². The number of halogens is 1. The second-order valence-electron chi connectivity index (χ2n) is 11.7. The van der Waals surface area contributed by atoms with Crippen molar-refractivity contribution in [3.63, 3.8) is 0 Å². The second-order valence-corrected chi connectivity index (χ2v) is 12.7. The van der Waals surface area contributed by atoms with Crippen LogP contribution in [0.4, 0.5) is 4.39 Å². The van der Waals surface area contributed by atoms with Crippen molar-refractivity contribution in [3.8, 4) is 11.5 Å². The number of carbonyl (C=O) groups excluding carboxylic acids is 1. The standard InChI is InChI=1S/C33H39FN6O4S/c1-21(2)30(35)45-31(36)22-4-6-26(7-5-22)44-29-19-27(28(34)18-23(29)20-40-13-3-12-37-33(40)42)32(41)38-24-8-14-39(15-9-24)25-10-16-43-17-11-25/h3-7,12-13,18-19,21,24-25,35-36H,8-11,14-17,20H2,1-2H3,(H,38,41). The minimum atomic E-state index is -0.708. The highest BCUT2D eigenvalue weighted by Gasteiger charge is 2.28. The second kappa shape index (κ2) is 14.9. The monoisotopic (exact) mass is 634 g/mol. The zero-order valence-electron chi connectivity index (χ0n) is 25.6. The van der Waals surface area contributed by atoms with Crippen LogP contribution in [0.25, 0.3) is 0 Å². The number of aromatic nitrogens is 2. The normalized spacial score (nSPS) is 16.4. The lowest BCUT2D eigenvalue weighted by Gasteiger charge is -2.39. The molecule has 3 aromatic rings. The summed E-state index contributed by atoms with van der Waals surface area (Å²) in [5, 5.41) is 20.1. The predicted molar refractivity (Wildman–Crippen MR) is 173 cm³/mol. The van der Waals surface area contributed by atoms with Gasteiger partial charge in [-0.05, 0) is 68.1 Å². The van der Waals surface area contributed by atoms with E-state index in [1.807, 2.05) is 13.8 Å². The molecule has 45 heavy (non-hydrogen) atoms. The van der Waals surface area contributed by atoms with E-state index in [1.165, 1.54) is 22.9 Å². The molecule has 1 aromatic heterocycles. The molecule has 3 heterocycles. The Kier molecular flexibility index (Phi) is 10.8. The van der Waals surface area contributed by atoms with E-state index in [-0.39, 0.29) is 34.9 Å². The van der Waals surface area contributed by atoms with Crippen LogP contribution in [0.3, 0.4) is 0 Å². The number of ether oxygens (including phenoxy) is 2. The molecule has 3 N–H and O–H groups in total. The number of nitrogens with zero attached hydrogens (tertiary/aromatic N) is 3. The molecule has 0 bridgehead atoms. The van der Waals surface area contributed by atoms with Crippen LogP contribution in [0.2, 0.25) is 0 Å². The van der Waals surface area contributed by atoms with Gasteiger partial charge >= 0.3 is 5.69 Å². The number of hydrogen-bond donors (Lipinski definition) is 3. The van der Waals surface area contributed by atoms with Gasteiger partial charge in [-0.1, -0.05) is 25.6 Å². The van der Waals surface area contributed by atoms with Gasteiger partial charge in [0.2, 0.25) is 0 Å². The molecule has 0 radical (unpaired) electrons. The average molecular weight is 635 g/mol. The molecule has 238 valence electrons. The quantitative estimate of drug-likeness (QED) is 0.215. The van der Waals surface area contributed by atoms with Gasteiger partial charge in [-0.25, -0.2) is 14.2 Å². The molecule has 2 aliphatic heterocycles. The zero-order valence-corrected chi connectivity index (χ0v) is 26.4. The van der Waals surface area contributed by atoms with Gasteiger partial charge in [-0.15, -0.1) is 0 Å². The number of likely N-dealkylation sites (tertiary alicyclic amines) is 1. The van der Waals surface area contributed by atoms with Crippen LogP contribution in [0, 0.1) is 22.6 Å². The van der Waals surface area contributed by atoms with Crippen LogP contribution in [0.5, 0.6) is 11.5 Å². The first-order chi connectivity index (χ1) is 21.7. The SMILES string of the molecule is CC(C)C(=N)SC(=N)c1ccc(Oc2cc(C(=O)NC3CCN(C4CCOCC4)CC3)c(F)cc2Cn2cccnc2=O)cc1. The summed E-state index contributed by atoms with van der Waals surface area (Å²) in [5.41, 5.74) is 0.356. The number of amides is 1. The zero-order chi connectivity index (χ0) is 31.9. The summed E-state index contributed by atoms with van der Waals surface area (Å²) in [5.74, 6) is -0.558. The lowest BCUT2D eigenvalue weighted by atomic mass is 9.99. The molecule has 2 saturated heterocycles. The van der Waals surface area contributed by atoms with Crippen molar-refractivity contribution in [1.82, 2.24) is 19.8 Å². The maximum absolute atomic E-state index is 15.5. The van der Waals surface area contributed by atoms with Crippen LogP contribution in [-0.4, -0.2) is 68.8 Å². The Hall–Kier alpha value is -3.87. The Morgan fingerprint density at radius 3 is 2.51 bits per heavy atom. The van der Waals surface area contributed by atoms with E-state index >= 15 is 4.39 Å². The van der Waals surface area contributed by atoms with E-state index in [1.54, 1.807) is 36.5 Å². The minimum Gasteiger partial charge on any atom is -0.457 e. The number of thioether (sulfide) groups is 1. The predicted octanol–water partition coefficient (Wildman–Crippen LogP) is 5.29. The molecule has 12 heteroatoms. The Labute approximate surface area is 266 Å². The number of rotatable bonds is 9. The molecule has 0 unspecified atom stereocenters. The first-order valence-corrected chi connectivity index (χ1v) is 16.1. The molecule has 2 aliphatic rings. The van der Waals surface area contributed by atoms with E-state index in [9.17, 15) is 9.59 Å². The fourth-order valence-electron chi connectivity index (χ4n) is 5.49. The van der Waals surface area contributed by atoms with Crippen molar-refractivity contribution in [1.29, 1.82) is 10.8 Å². The third-order valence-corrected chi connectivity index (χ3v) is 9.30. The highest BCUT2D eigenvalue weighted by molar-refractivity contribution is 8.26. The van der Waals surface area contributed by atoms with E-state index in [2.05, 4.69) is 15.2 Å². The minimum absolute atomic E-state index is 0.0117. The van der Waals surface area contributed by atoms with Gasteiger partial charge in [0, 0.05) is 67.8 Å². The van der Waals surface area contributed by atoms with Crippen molar-refractivity contribution >= 4 is 27.8 Å². The third kappa shape index (κ3) is 8.44. The van der Waals surface area contributed by atoms with E-state index in [0.717, 1.165) is 63.7 Å². The number of nitrogens with one attached hydrogen (secondary N) is 3. The van der Waals surface area contributed by atoms with Gasteiger partial charge in [0.15, 0.2) is 0 Å².